The molecule has 0 bridgehead atoms. The Balaban J connectivity index is 1.60. The number of nitrogens with one attached hydrogen (secondary N) is 1. The van der Waals surface area contributed by atoms with Crippen molar-refractivity contribution in [3.05, 3.63) is 0 Å². The van der Waals surface area contributed by atoms with Crippen LogP contribution < -0.4 is 5.32 Å². The van der Waals surface area contributed by atoms with Gasteiger partial charge in [-0.1, -0.05) is 19.3 Å². The Morgan fingerprint density at radius 3 is 2.71 bits per heavy atom. The fourth-order valence-corrected chi connectivity index (χ4v) is 3.43. The second kappa shape index (κ2) is 4.84. The summed E-state index contributed by atoms with van der Waals surface area (Å²) < 4.78 is 5.56. The number of nitrogens with zero attached hydrogens (tertiary/aromatic N) is 1. The van der Waals surface area contributed by atoms with Gasteiger partial charge in [-0.05, 0) is 25.8 Å². The highest BCUT2D eigenvalue weighted by molar-refractivity contribution is 5.70. The van der Waals surface area contributed by atoms with Gasteiger partial charge in [0.1, 0.15) is 6.10 Å². The van der Waals surface area contributed by atoms with Gasteiger partial charge in [0.25, 0.3) is 0 Å². The Kier molecular flexibility index (Phi) is 3.23. The minimum Gasteiger partial charge on any atom is -0.444 e. The van der Waals surface area contributed by atoms with Crippen LogP contribution in [0.1, 0.15) is 38.5 Å². The summed E-state index contributed by atoms with van der Waals surface area (Å²) >= 11 is 0. The van der Waals surface area contributed by atoms with E-state index in [1.54, 1.807) is 0 Å². The van der Waals surface area contributed by atoms with Gasteiger partial charge in [-0.2, -0.15) is 0 Å². The molecule has 3 rings (SSSR count). The molecule has 0 aromatic rings. The van der Waals surface area contributed by atoms with E-state index < -0.39 is 0 Å². The molecule has 4 nitrogen and oxygen atoms in total. The second-order valence-corrected chi connectivity index (χ2v) is 5.62. The molecule has 2 atom stereocenters. The van der Waals surface area contributed by atoms with Gasteiger partial charge in [0.15, 0.2) is 0 Å². The molecule has 3 aliphatic rings. The van der Waals surface area contributed by atoms with Crippen LogP contribution in [0.15, 0.2) is 0 Å². The fourth-order valence-electron chi connectivity index (χ4n) is 3.43. The molecule has 0 aromatic heterocycles. The van der Waals surface area contributed by atoms with Crippen molar-refractivity contribution >= 4 is 6.09 Å². The van der Waals surface area contributed by atoms with Crippen LogP contribution in [-0.2, 0) is 4.74 Å². The third-order valence-electron chi connectivity index (χ3n) is 4.50. The van der Waals surface area contributed by atoms with E-state index in [1.165, 1.54) is 32.1 Å². The normalized spacial score (nSPS) is 35.3. The highest BCUT2D eigenvalue weighted by Crippen LogP contribution is 2.29. The lowest BCUT2D eigenvalue weighted by molar-refractivity contribution is 0.105. The molecule has 0 spiro atoms. The summed E-state index contributed by atoms with van der Waals surface area (Å²) in [6.07, 6.45) is 7.43. The zero-order chi connectivity index (χ0) is 11.7. The molecule has 2 heterocycles. The maximum Gasteiger partial charge on any atom is 0.410 e. The molecule has 1 aliphatic carbocycles. The first-order valence-corrected chi connectivity index (χ1v) is 7.02. The minimum atomic E-state index is -0.0613. The van der Waals surface area contributed by atoms with Crippen molar-refractivity contribution in [1.29, 1.82) is 0 Å². The van der Waals surface area contributed by atoms with Crippen molar-refractivity contribution < 1.29 is 9.53 Å². The predicted molar refractivity (Wildman–Crippen MR) is 64.8 cm³/mol. The lowest BCUT2D eigenvalue weighted by Gasteiger charge is -2.29. The van der Waals surface area contributed by atoms with E-state index >= 15 is 0 Å². The van der Waals surface area contributed by atoms with E-state index in [1.807, 2.05) is 4.90 Å². The number of amides is 1. The van der Waals surface area contributed by atoms with Crippen LogP contribution in [-0.4, -0.2) is 42.8 Å². The summed E-state index contributed by atoms with van der Waals surface area (Å²) in [6, 6.07) is 0.454. The molecule has 0 radical (unpaired) electrons. The van der Waals surface area contributed by atoms with Gasteiger partial charge in [-0.25, -0.2) is 4.79 Å². The lowest BCUT2D eigenvalue weighted by Crippen LogP contribution is -2.38. The molecule has 96 valence electrons. The Bertz CT molecular complexity index is 283. The molecule has 2 unspecified atom stereocenters. The van der Waals surface area contributed by atoms with Crippen molar-refractivity contribution in [2.45, 2.75) is 50.7 Å². The topological polar surface area (TPSA) is 41.6 Å². The van der Waals surface area contributed by atoms with E-state index in [2.05, 4.69) is 5.32 Å². The van der Waals surface area contributed by atoms with Gasteiger partial charge < -0.3 is 15.0 Å². The van der Waals surface area contributed by atoms with Gasteiger partial charge in [-0.15, -0.1) is 0 Å². The summed E-state index contributed by atoms with van der Waals surface area (Å²) in [6.45, 7) is 2.91. The van der Waals surface area contributed by atoms with Crippen molar-refractivity contribution in [3.8, 4) is 0 Å². The number of hydrogen-bond acceptors (Lipinski definition) is 3. The van der Waals surface area contributed by atoms with Crippen molar-refractivity contribution in [1.82, 2.24) is 10.2 Å². The first-order chi connectivity index (χ1) is 8.34. The third kappa shape index (κ3) is 2.28. The molecule has 1 saturated carbocycles. The van der Waals surface area contributed by atoms with E-state index in [9.17, 15) is 4.79 Å². The Labute approximate surface area is 103 Å². The van der Waals surface area contributed by atoms with Crippen LogP contribution in [0.25, 0.3) is 0 Å². The molecule has 2 saturated heterocycles. The van der Waals surface area contributed by atoms with E-state index in [0.29, 0.717) is 12.0 Å². The van der Waals surface area contributed by atoms with Crippen LogP contribution in [0.4, 0.5) is 4.79 Å². The smallest absolute Gasteiger partial charge is 0.410 e. The van der Waals surface area contributed by atoms with Crippen LogP contribution in [0, 0.1) is 5.92 Å². The van der Waals surface area contributed by atoms with Crippen molar-refractivity contribution in [2.75, 3.05) is 19.6 Å². The Hall–Kier alpha value is -0.770. The lowest BCUT2D eigenvalue weighted by atomic mass is 9.94. The number of carbonyl (C=O) groups excluding carboxylic acids is 1. The Morgan fingerprint density at radius 1 is 1.18 bits per heavy atom. The van der Waals surface area contributed by atoms with Crippen LogP contribution >= 0.6 is 0 Å². The summed E-state index contributed by atoms with van der Waals surface area (Å²) in [5.74, 6) is 0.535. The standard InChI is InChI=1S/C13H22N2O2/c16-13-15(11-4-2-1-3-5-11)9-12(17-13)10-6-7-14-8-10/h10-12,14H,1-9H2. The monoisotopic (exact) mass is 238 g/mol. The maximum atomic E-state index is 11.9. The van der Waals surface area contributed by atoms with Gasteiger partial charge in [0.2, 0.25) is 0 Å². The van der Waals surface area contributed by atoms with E-state index in [4.69, 9.17) is 4.74 Å². The van der Waals surface area contributed by atoms with Gasteiger partial charge in [-0.3, -0.25) is 0 Å². The molecular weight excluding hydrogens is 216 g/mol. The van der Waals surface area contributed by atoms with Gasteiger partial charge in [0, 0.05) is 18.5 Å². The molecule has 1 N–H and O–H groups in total. The quantitative estimate of drug-likeness (QED) is 0.797. The number of cyclic esters (lactones) is 1. The first kappa shape index (κ1) is 11.3. The zero-order valence-corrected chi connectivity index (χ0v) is 10.4. The zero-order valence-electron chi connectivity index (χ0n) is 10.4. The predicted octanol–water partition coefficient (Wildman–Crippen LogP) is 1.75. The molecular formula is C13H22N2O2. The van der Waals surface area contributed by atoms with E-state index in [0.717, 1.165) is 26.1 Å². The molecule has 1 amide bonds. The fraction of sp³-hybridized carbons (Fsp3) is 0.923. The van der Waals surface area contributed by atoms with Crippen LogP contribution in [0.2, 0.25) is 0 Å². The molecule has 0 aromatic carbocycles. The average molecular weight is 238 g/mol. The van der Waals surface area contributed by atoms with Crippen LogP contribution in [0.3, 0.4) is 0 Å². The van der Waals surface area contributed by atoms with Gasteiger partial charge in [0.05, 0.1) is 6.54 Å². The number of carbonyl (C=O) groups is 1. The molecule has 17 heavy (non-hydrogen) atoms. The number of ether oxygens (including phenoxy) is 1. The maximum absolute atomic E-state index is 11.9. The molecule has 4 heteroatoms. The highest BCUT2D eigenvalue weighted by Gasteiger charge is 2.40. The largest absolute Gasteiger partial charge is 0.444 e. The molecule has 2 aliphatic heterocycles. The van der Waals surface area contributed by atoms with Gasteiger partial charge >= 0.3 is 6.09 Å². The number of rotatable bonds is 2. The second-order valence-electron chi connectivity index (χ2n) is 5.62. The average Bonchev–Trinajstić information content (AvgIpc) is 2.99. The minimum absolute atomic E-state index is 0.0613. The SMILES string of the molecule is O=C1OC(C2CCNC2)CN1C1CCCCC1. The van der Waals surface area contributed by atoms with Crippen molar-refractivity contribution in [3.63, 3.8) is 0 Å². The van der Waals surface area contributed by atoms with E-state index in [-0.39, 0.29) is 12.2 Å². The van der Waals surface area contributed by atoms with Crippen LogP contribution in [0.5, 0.6) is 0 Å². The highest BCUT2D eigenvalue weighted by atomic mass is 16.6. The summed E-state index contributed by atoms with van der Waals surface area (Å²) in [5, 5.41) is 3.35. The summed E-state index contributed by atoms with van der Waals surface area (Å²) in [4.78, 5) is 13.9. The summed E-state index contributed by atoms with van der Waals surface area (Å²) in [7, 11) is 0. The summed E-state index contributed by atoms with van der Waals surface area (Å²) in [5.41, 5.74) is 0. The van der Waals surface area contributed by atoms with Crippen molar-refractivity contribution in [2.24, 2.45) is 5.92 Å². The Morgan fingerprint density at radius 2 is 2.00 bits per heavy atom. The first-order valence-electron chi connectivity index (χ1n) is 7.02. The number of hydrogen-bond donors (Lipinski definition) is 1. The molecule has 3 fully saturated rings. The third-order valence-corrected chi connectivity index (χ3v) is 4.50.